The summed E-state index contributed by atoms with van der Waals surface area (Å²) in [6.07, 6.45) is 1.80. The summed E-state index contributed by atoms with van der Waals surface area (Å²) in [4.78, 5) is 11.7. The number of hydrogen-bond donors (Lipinski definition) is 1. The first kappa shape index (κ1) is 13.8. The van der Waals surface area contributed by atoms with E-state index in [1.165, 1.54) is 0 Å². The van der Waals surface area contributed by atoms with Crippen molar-refractivity contribution >= 4 is 22.5 Å². The van der Waals surface area contributed by atoms with Gasteiger partial charge in [0.1, 0.15) is 0 Å². The second kappa shape index (κ2) is 5.31. The summed E-state index contributed by atoms with van der Waals surface area (Å²) in [5.74, 6) is 0.330. The smallest absolute Gasteiger partial charge is 0.267 e. The molecule has 0 bridgehead atoms. The molecule has 0 atom stereocenters. The van der Waals surface area contributed by atoms with Gasteiger partial charge in [-0.2, -0.15) is 0 Å². The molecule has 5 nitrogen and oxygen atoms in total. The van der Waals surface area contributed by atoms with Crippen LogP contribution in [0, 0.1) is 11.8 Å². The first-order valence-corrected chi connectivity index (χ1v) is 7.33. The molecule has 1 aliphatic rings. The van der Waals surface area contributed by atoms with Crippen LogP contribution in [0.1, 0.15) is 26.7 Å². The Labute approximate surface area is 123 Å². The SMILES string of the molecule is CC(C)Cn1c(O)c(N=NC(=O)C2CC2)c2ccccc21. The second-order valence-corrected chi connectivity index (χ2v) is 6.01. The Morgan fingerprint density at radius 2 is 2.10 bits per heavy atom. The normalized spacial score (nSPS) is 15.4. The van der Waals surface area contributed by atoms with Gasteiger partial charge < -0.3 is 9.67 Å². The van der Waals surface area contributed by atoms with Crippen molar-refractivity contribution in [1.29, 1.82) is 0 Å². The van der Waals surface area contributed by atoms with Crippen LogP contribution in [0.2, 0.25) is 0 Å². The lowest BCUT2D eigenvalue weighted by Crippen LogP contribution is -2.03. The topological polar surface area (TPSA) is 66.9 Å². The average Bonchev–Trinajstić information content (AvgIpc) is 3.26. The number of hydrogen-bond acceptors (Lipinski definition) is 3. The van der Waals surface area contributed by atoms with Crippen molar-refractivity contribution in [2.75, 3.05) is 0 Å². The molecule has 1 aromatic carbocycles. The third-order valence-corrected chi connectivity index (χ3v) is 3.64. The zero-order chi connectivity index (χ0) is 15.0. The molecule has 1 N–H and O–H groups in total. The largest absolute Gasteiger partial charge is 0.493 e. The van der Waals surface area contributed by atoms with Crippen LogP contribution < -0.4 is 0 Å². The molecule has 0 unspecified atom stereocenters. The van der Waals surface area contributed by atoms with Gasteiger partial charge in [-0.3, -0.25) is 4.79 Å². The third-order valence-electron chi connectivity index (χ3n) is 3.64. The number of carbonyl (C=O) groups is 1. The maximum Gasteiger partial charge on any atom is 0.267 e. The van der Waals surface area contributed by atoms with Crippen molar-refractivity contribution in [3.8, 4) is 5.88 Å². The highest BCUT2D eigenvalue weighted by molar-refractivity contribution is 5.95. The van der Waals surface area contributed by atoms with E-state index in [9.17, 15) is 9.90 Å². The van der Waals surface area contributed by atoms with Crippen molar-refractivity contribution in [3.63, 3.8) is 0 Å². The lowest BCUT2D eigenvalue weighted by Gasteiger charge is -2.09. The fourth-order valence-corrected chi connectivity index (χ4v) is 2.43. The minimum Gasteiger partial charge on any atom is -0.493 e. The molecule has 2 aromatic rings. The average molecular weight is 285 g/mol. The predicted molar refractivity (Wildman–Crippen MR) is 80.7 cm³/mol. The second-order valence-electron chi connectivity index (χ2n) is 6.01. The number of rotatable bonds is 4. The van der Waals surface area contributed by atoms with Crippen LogP contribution in [-0.4, -0.2) is 15.6 Å². The minimum atomic E-state index is -0.185. The molecule has 1 amide bonds. The Bertz CT molecular complexity index is 712. The highest BCUT2D eigenvalue weighted by Gasteiger charge is 2.30. The highest BCUT2D eigenvalue weighted by Crippen LogP contribution is 2.39. The van der Waals surface area contributed by atoms with Crippen LogP contribution in [0.5, 0.6) is 5.88 Å². The predicted octanol–water partition coefficient (Wildman–Crippen LogP) is 4.02. The Balaban J connectivity index is 2.04. The van der Waals surface area contributed by atoms with E-state index >= 15 is 0 Å². The Kier molecular flexibility index (Phi) is 3.49. The van der Waals surface area contributed by atoms with E-state index in [0.717, 1.165) is 23.7 Å². The number of nitrogens with zero attached hydrogens (tertiary/aromatic N) is 3. The van der Waals surface area contributed by atoms with Gasteiger partial charge in [0.25, 0.3) is 5.91 Å². The van der Waals surface area contributed by atoms with Gasteiger partial charge in [-0.1, -0.05) is 32.0 Å². The molecule has 1 fully saturated rings. The maximum absolute atomic E-state index is 11.7. The van der Waals surface area contributed by atoms with Gasteiger partial charge in [0.15, 0.2) is 5.69 Å². The summed E-state index contributed by atoms with van der Waals surface area (Å²) in [6, 6.07) is 7.65. The molecule has 3 rings (SSSR count). The van der Waals surface area contributed by atoms with E-state index in [2.05, 4.69) is 24.1 Å². The van der Waals surface area contributed by atoms with E-state index in [0.29, 0.717) is 18.2 Å². The fourth-order valence-electron chi connectivity index (χ4n) is 2.43. The van der Waals surface area contributed by atoms with Crippen molar-refractivity contribution in [2.45, 2.75) is 33.2 Å². The molecule has 1 aromatic heterocycles. The summed E-state index contributed by atoms with van der Waals surface area (Å²) in [6.45, 7) is 4.87. The zero-order valence-electron chi connectivity index (χ0n) is 12.3. The summed E-state index contributed by atoms with van der Waals surface area (Å²) in [7, 11) is 0. The van der Waals surface area contributed by atoms with Crippen LogP contribution in [0.25, 0.3) is 10.9 Å². The molecule has 0 spiro atoms. The van der Waals surface area contributed by atoms with Gasteiger partial charge >= 0.3 is 0 Å². The van der Waals surface area contributed by atoms with E-state index in [4.69, 9.17) is 0 Å². The van der Waals surface area contributed by atoms with Gasteiger partial charge in [-0.05, 0) is 24.8 Å². The van der Waals surface area contributed by atoms with E-state index in [1.807, 2.05) is 28.8 Å². The lowest BCUT2D eigenvalue weighted by atomic mass is 10.2. The Morgan fingerprint density at radius 3 is 2.76 bits per heavy atom. The van der Waals surface area contributed by atoms with Gasteiger partial charge in [0.05, 0.1) is 5.52 Å². The standard InChI is InChI=1S/C16H19N3O2/c1-10(2)9-19-13-6-4-3-5-12(13)14(16(19)21)17-18-15(20)11-7-8-11/h3-6,10-11,21H,7-9H2,1-2H3. The molecule has 1 aliphatic carbocycles. The molecule has 5 heteroatoms. The zero-order valence-corrected chi connectivity index (χ0v) is 12.3. The Hall–Kier alpha value is -2.17. The van der Waals surface area contributed by atoms with Gasteiger partial charge in [0.2, 0.25) is 5.88 Å². The first-order valence-electron chi connectivity index (χ1n) is 7.33. The van der Waals surface area contributed by atoms with E-state index < -0.39 is 0 Å². The summed E-state index contributed by atoms with van der Waals surface area (Å²) in [5.41, 5.74) is 1.30. The summed E-state index contributed by atoms with van der Waals surface area (Å²) in [5, 5.41) is 19.0. The van der Waals surface area contributed by atoms with Crippen LogP contribution in [0.4, 0.5) is 5.69 Å². The molecule has 21 heavy (non-hydrogen) atoms. The van der Waals surface area contributed by atoms with Crippen molar-refractivity contribution < 1.29 is 9.90 Å². The molecule has 1 saturated carbocycles. The molecule has 0 aliphatic heterocycles. The number of benzene rings is 1. The summed E-state index contributed by atoms with van der Waals surface area (Å²) >= 11 is 0. The third kappa shape index (κ3) is 2.68. The van der Waals surface area contributed by atoms with Gasteiger partial charge in [-0.15, -0.1) is 10.2 Å². The number of fused-ring (bicyclic) bond motifs is 1. The molecule has 1 heterocycles. The minimum absolute atomic E-state index is 0.0416. The monoisotopic (exact) mass is 285 g/mol. The summed E-state index contributed by atoms with van der Waals surface area (Å²) < 4.78 is 1.83. The van der Waals surface area contributed by atoms with Crippen LogP contribution >= 0.6 is 0 Å². The molecule has 0 radical (unpaired) electrons. The highest BCUT2D eigenvalue weighted by atomic mass is 16.3. The number of carbonyl (C=O) groups excluding carboxylic acids is 1. The Morgan fingerprint density at radius 1 is 1.38 bits per heavy atom. The van der Waals surface area contributed by atoms with E-state index in [1.54, 1.807) is 0 Å². The van der Waals surface area contributed by atoms with Crippen LogP contribution in [-0.2, 0) is 11.3 Å². The first-order chi connectivity index (χ1) is 10.1. The quantitative estimate of drug-likeness (QED) is 0.862. The molecular weight excluding hydrogens is 266 g/mol. The van der Waals surface area contributed by atoms with Crippen LogP contribution in [0.15, 0.2) is 34.5 Å². The number of aromatic hydroxyl groups is 1. The molecule has 110 valence electrons. The van der Waals surface area contributed by atoms with Crippen LogP contribution in [0.3, 0.4) is 0 Å². The molecular formula is C16H19N3O2. The van der Waals surface area contributed by atoms with Crippen molar-refractivity contribution in [1.82, 2.24) is 4.57 Å². The number of amides is 1. The van der Waals surface area contributed by atoms with Crippen molar-refractivity contribution in [2.24, 2.45) is 22.1 Å². The van der Waals surface area contributed by atoms with Gasteiger partial charge in [0, 0.05) is 17.8 Å². The number of aromatic nitrogens is 1. The lowest BCUT2D eigenvalue weighted by molar-refractivity contribution is -0.119. The fraction of sp³-hybridized carbons (Fsp3) is 0.438. The molecule has 0 saturated heterocycles. The van der Waals surface area contributed by atoms with Crippen molar-refractivity contribution in [3.05, 3.63) is 24.3 Å². The maximum atomic E-state index is 11.7. The van der Waals surface area contributed by atoms with Gasteiger partial charge in [-0.25, -0.2) is 0 Å². The number of azo groups is 1. The number of para-hydroxylation sites is 1. The van der Waals surface area contributed by atoms with E-state index in [-0.39, 0.29) is 17.7 Å².